The summed E-state index contributed by atoms with van der Waals surface area (Å²) in [6.07, 6.45) is 0.242. The predicted octanol–water partition coefficient (Wildman–Crippen LogP) is 4.31. The normalized spacial score (nSPS) is 11.2. The molecule has 0 saturated heterocycles. The molecule has 30 heavy (non-hydrogen) atoms. The summed E-state index contributed by atoms with van der Waals surface area (Å²) in [5, 5.41) is 18.6. The average Bonchev–Trinajstić information content (AvgIpc) is 2.71. The van der Waals surface area contributed by atoms with Crippen molar-refractivity contribution in [2.24, 2.45) is 0 Å². The Bertz CT molecular complexity index is 1150. The number of hydrogen-bond acceptors (Lipinski definition) is 5. The predicted molar refractivity (Wildman–Crippen MR) is 114 cm³/mol. The van der Waals surface area contributed by atoms with Crippen molar-refractivity contribution >= 4 is 15.8 Å². The monoisotopic (exact) mass is 426 g/mol. The lowest BCUT2D eigenvalue weighted by atomic mass is 10.0. The van der Waals surface area contributed by atoms with Gasteiger partial charge in [-0.25, -0.2) is 13.2 Å². The van der Waals surface area contributed by atoms with Gasteiger partial charge in [-0.15, -0.1) is 0 Å². The number of phenols is 1. The molecule has 0 saturated carbocycles. The van der Waals surface area contributed by atoms with Crippen LogP contribution in [-0.2, 0) is 9.84 Å². The van der Waals surface area contributed by atoms with Gasteiger partial charge in [-0.3, -0.25) is 0 Å². The number of hydrogen-bond donors (Lipinski definition) is 2. The van der Waals surface area contributed by atoms with Gasteiger partial charge in [0.25, 0.3) is 0 Å². The van der Waals surface area contributed by atoms with E-state index in [0.29, 0.717) is 5.56 Å². The molecule has 0 atom stereocenters. The molecule has 0 spiro atoms. The Labute approximate surface area is 175 Å². The third kappa shape index (κ3) is 4.80. The molecule has 3 aromatic carbocycles. The van der Waals surface area contributed by atoms with Crippen LogP contribution in [0.5, 0.6) is 11.5 Å². The number of aromatic hydroxyl groups is 1. The molecule has 0 aromatic heterocycles. The van der Waals surface area contributed by atoms with Crippen molar-refractivity contribution in [3.63, 3.8) is 0 Å². The minimum atomic E-state index is -3.55. The second-order valence-electron chi connectivity index (χ2n) is 6.82. The molecule has 3 rings (SSSR count). The molecule has 0 unspecified atom stereocenters. The van der Waals surface area contributed by atoms with E-state index in [1.54, 1.807) is 12.1 Å². The first kappa shape index (κ1) is 21.4. The van der Waals surface area contributed by atoms with E-state index in [9.17, 15) is 18.3 Å². The third-order valence-electron chi connectivity index (χ3n) is 4.66. The quantitative estimate of drug-likeness (QED) is 0.521. The zero-order valence-electron chi connectivity index (χ0n) is 16.4. The second kappa shape index (κ2) is 9.00. The van der Waals surface area contributed by atoms with Crippen molar-refractivity contribution in [3.8, 4) is 22.6 Å². The van der Waals surface area contributed by atoms with Crippen molar-refractivity contribution in [2.75, 3.05) is 12.4 Å². The summed E-state index contributed by atoms with van der Waals surface area (Å²) < 4.78 is 31.5. The number of aryl methyl sites for hydroxylation is 1. The Kier molecular flexibility index (Phi) is 6.42. The minimum absolute atomic E-state index is 0.102. The van der Waals surface area contributed by atoms with Crippen LogP contribution in [0.3, 0.4) is 0 Å². The van der Waals surface area contributed by atoms with Crippen molar-refractivity contribution in [3.05, 3.63) is 77.9 Å². The summed E-state index contributed by atoms with van der Waals surface area (Å²) in [6, 6.07) is 18.5. The lowest BCUT2D eigenvalue weighted by Gasteiger charge is -2.14. The molecule has 156 valence electrons. The van der Waals surface area contributed by atoms with Gasteiger partial charge in [0.05, 0.1) is 17.3 Å². The maximum atomic E-state index is 13.0. The van der Waals surface area contributed by atoms with Gasteiger partial charge < -0.3 is 14.9 Å². The fourth-order valence-electron chi connectivity index (χ4n) is 3.21. The first-order valence-corrected chi connectivity index (χ1v) is 11.0. The topological polar surface area (TPSA) is 101 Å². The van der Waals surface area contributed by atoms with Gasteiger partial charge in [0, 0.05) is 11.6 Å². The molecule has 0 radical (unpaired) electrons. The molecule has 7 heteroatoms. The van der Waals surface area contributed by atoms with E-state index in [1.165, 1.54) is 18.2 Å². The molecule has 2 N–H and O–H groups in total. The van der Waals surface area contributed by atoms with Crippen LogP contribution in [0.15, 0.2) is 71.6 Å². The van der Waals surface area contributed by atoms with Crippen LogP contribution in [0.1, 0.15) is 22.3 Å². The molecule has 0 aliphatic rings. The Balaban J connectivity index is 1.70. The third-order valence-corrected chi connectivity index (χ3v) is 6.49. The van der Waals surface area contributed by atoms with E-state index >= 15 is 0 Å². The van der Waals surface area contributed by atoms with E-state index < -0.39 is 21.6 Å². The van der Waals surface area contributed by atoms with Crippen LogP contribution in [0, 0.1) is 6.92 Å². The number of carbonyl (C=O) groups is 1. The van der Waals surface area contributed by atoms with Gasteiger partial charge in [0.15, 0.2) is 9.84 Å². The number of sulfone groups is 1. The second-order valence-corrected chi connectivity index (χ2v) is 8.90. The maximum Gasteiger partial charge on any atom is 0.339 e. The largest absolute Gasteiger partial charge is 0.507 e. The minimum Gasteiger partial charge on any atom is -0.507 e. The van der Waals surface area contributed by atoms with Gasteiger partial charge in [0.1, 0.15) is 17.1 Å². The zero-order valence-corrected chi connectivity index (χ0v) is 17.2. The van der Waals surface area contributed by atoms with Crippen LogP contribution < -0.4 is 4.74 Å². The highest BCUT2D eigenvalue weighted by molar-refractivity contribution is 7.91. The highest BCUT2D eigenvalue weighted by Crippen LogP contribution is 2.31. The summed E-state index contributed by atoms with van der Waals surface area (Å²) in [6.45, 7) is 2.00. The summed E-state index contributed by atoms with van der Waals surface area (Å²) in [5.74, 6) is -1.47. The molecular formula is C23H22O6S. The van der Waals surface area contributed by atoms with Gasteiger partial charge in [-0.05, 0) is 42.7 Å². The summed E-state index contributed by atoms with van der Waals surface area (Å²) in [5.41, 5.74) is 2.21. The average molecular weight is 426 g/mol. The van der Waals surface area contributed by atoms with Crippen molar-refractivity contribution < 1.29 is 28.2 Å². The highest BCUT2D eigenvalue weighted by Gasteiger charge is 2.20. The lowest BCUT2D eigenvalue weighted by molar-refractivity contribution is 0.0693. The zero-order chi connectivity index (χ0) is 21.7. The first-order valence-electron chi connectivity index (χ1n) is 9.36. The van der Waals surface area contributed by atoms with Crippen LogP contribution in [0.4, 0.5) is 0 Å². The molecule has 0 fully saturated rings. The maximum absolute atomic E-state index is 13.0. The number of rotatable bonds is 8. The van der Waals surface area contributed by atoms with E-state index in [1.807, 2.05) is 43.3 Å². The molecule has 0 heterocycles. The highest BCUT2D eigenvalue weighted by atomic mass is 32.2. The Hall–Kier alpha value is -3.32. The SMILES string of the molecule is Cc1cccc(S(=O)(=O)CCCOc2ccc(C(=O)O)c(O)c2)c1-c1ccccc1. The number of carboxylic acid groups (broad SMARTS) is 1. The summed E-state index contributed by atoms with van der Waals surface area (Å²) in [7, 11) is -3.55. The number of aromatic carboxylic acids is 1. The van der Waals surface area contributed by atoms with Crippen molar-refractivity contribution in [1.82, 2.24) is 0 Å². The van der Waals surface area contributed by atoms with Crippen LogP contribution >= 0.6 is 0 Å². The van der Waals surface area contributed by atoms with Crippen LogP contribution in [0.25, 0.3) is 11.1 Å². The smallest absolute Gasteiger partial charge is 0.339 e. The molecule has 0 aliphatic heterocycles. The number of benzene rings is 3. The Morgan fingerprint density at radius 2 is 1.73 bits per heavy atom. The summed E-state index contributed by atoms with van der Waals surface area (Å²) in [4.78, 5) is 11.2. The fourth-order valence-corrected chi connectivity index (χ4v) is 4.80. The van der Waals surface area contributed by atoms with Gasteiger partial charge in [0.2, 0.25) is 0 Å². The first-order chi connectivity index (χ1) is 14.3. The van der Waals surface area contributed by atoms with E-state index in [-0.39, 0.29) is 35.0 Å². The molecule has 3 aromatic rings. The number of ether oxygens (including phenoxy) is 1. The Morgan fingerprint density at radius 3 is 2.40 bits per heavy atom. The van der Waals surface area contributed by atoms with Crippen molar-refractivity contribution in [2.45, 2.75) is 18.2 Å². The van der Waals surface area contributed by atoms with Gasteiger partial charge >= 0.3 is 5.97 Å². The Morgan fingerprint density at radius 1 is 1.00 bits per heavy atom. The lowest BCUT2D eigenvalue weighted by Crippen LogP contribution is -2.12. The number of carboxylic acids is 1. The molecule has 0 aliphatic carbocycles. The molecule has 0 amide bonds. The van der Waals surface area contributed by atoms with E-state index in [2.05, 4.69) is 0 Å². The molecule has 6 nitrogen and oxygen atoms in total. The van der Waals surface area contributed by atoms with Crippen LogP contribution in [-0.4, -0.2) is 37.0 Å². The van der Waals surface area contributed by atoms with Gasteiger partial charge in [-0.1, -0.05) is 42.5 Å². The van der Waals surface area contributed by atoms with E-state index in [4.69, 9.17) is 9.84 Å². The van der Waals surface area contributed by atoms with E-state index in [0.717, 1.165) is 11.1 Å². The fraction of sp³-hybridized carbons (Fsp3) is 0.174. The van der Waals surface area contributed by atoms with Gasteiger partial charge in [-0.2, -0.15) is 0 Å². The summed E-state index contributed by atoms with van der Waals surface area (Å²) >= 11 is 0. The standard InChI is InChI=1S/C23H22O6S/c1-16-7-5-10-21(22(16)17-8-3-2-4-9-17)30(27,28)14-6-13-29-18-11-12-19(23(25)26)20(24)15-18/h2-5,7-12,15,24H,6,13-14H2,1H3,(H,25,26). The van der Waals surface area contributed by atoms with Crippen molar-refractivity contribution in [1.29, 1.82) is 0 Å². The molecular weight excluding hydrogens is 404 g/mol. The molecule has 0 bridgehead atoms. The van der Waals surface area contributed by atoms with Crippen LogP contribution in [0.2, 0.25) is 0 Å².